The topological polar surface area (TPSA) is 52.6 Å². The molecule has 0 fully saturated rings. The Balaban J connectivity index is 4.73. The van der Waals surface area contributed by atoms with Gasteiger partial charge >= 0.3 is 11.9 Å². The van der Waals surface area contributed by atoms with E-state index in [1.807, 2.05) is 0 Å². The normalized spacial score (nSPS) is 11.1. The van der Waals surface area contributed by atoms with Crippen molar-refractivity contribution in [3.63, 3.8) is 0 Å². The summed E-state index contributed by atoms with van der Waals surface area (Å²) in [4.78, 5) is 22.4. The number of carbonyl (C=O) groups excluding carboxylic acids is 2. The molecule has 0 spiro atoms. The van der Waals surface area contributed by atoms with E-state index in [9.17, 15) is 9.59 Å². The van der Waals surface area contributed by atoms with Crippen molar-refractivity contribution in [1.82, 2.24) is 0 Å². The SMILES string of the molecule is CCCCCC(CCCC)(OC(C)=O)OC(C)=O. The number of ether oxygens (including phenoxy) is 2. The van der Waals surface area contributed by atoms with Crippen LogP contribution in [0.5, 0.6) is 0 Å². The monoisotopic (exact) mass is 258 g/mol. The van der Waals surface area contributed by atoms with E-state index < -0.39 is 17.7 Å². The molecule has 0 aromatic heterocycles. The Morgan fingerprint density at radius 2 is 1.28 bits per heavy atom. The summed E-state index contributed by atoms with van der Waals surface area (Å²) in [6.07, 6.45) is 6.00. The van der Waals surface area contributed by atoms with Gasteiger partial charge in [-0.1, -0.05) is 33.1 Å². The van der Waals surface area contributed by atoms with Gasteiger partial charge in [-0.2, -0.15) is 0 Å². The zero-order chi connectivity index (χ0) is 14.0. The lowest BCUT2D eigenvalue weighted by molar-refractivity contribution is -0.232. The summed E-state index contributed by atoms with van der Waals surface area (Å²) in [7, 11) is 0. The molecule has 0 heterocycles. The first-order valence-electron chi connectivity index (χ1n) is 6.85. The molecule has 106 valence electrons. The maximum absolute atomic E-state index is 11.2. The lowest BCUT2D eigenvalue weighted by atomic mass is 10.0. The maximum atomic E-state index is 11.2. The first kappa shape index (κ1) is 16.9. The number of hydrogen-bond acceptors (Lipinski definition) is 4. The van der Waals surface area contributed by atoms with Crippen LogP contribution in [-0.4, -0.2) is 17.7 Å². The van der Waals surface area contributed by atoms with Crippen LogP contribution in [0.2, 0.25) is 0 Å². The molecule has 0 aliphatic heterocycles. The molecule has 0 aliphatic rings. The van der Waals surface area contributed by atoms with Gasteiger partial charge < -0.3 is 9.47 Å². The predicted molar refractivity (Wildman–Crippen MR) is 69.9 cm³/mol. The maximum Gasteiger partial charge on any atom is 0.305 e. The minimum atomic E-state index is -1.05. The lowest BCUT2D eigenvalue weighted by Gasteiger charge is -2.32. The molecule has 0 saturated heterocycles. The van der Waals surface area contributed by atoms with Crippen LogP contribution in [0.15, 0.2) is 0 Å². The molecule has 0 bridgehead atoms. The van der Waals surface area contributed by atoms with Gasteiger partial charge in [0.05, 0.1) is 0 Å². The van der Waals surface area contributed by atoms with E-state index in [0.29, 0.717) is 12.8 Å². The van der Waals surface area contributed by atoms with Crippen molar-refractivity contribution < 1.29 is 19.1 Å². The molecule has 0 amide bonds. The summed E-state index contributed by atoms with van der Waals surface area (Å²) in [5.41, 5.74) is 0. The van der Waals surface area contributed by atoms with Gasteiger partial charge in [0.25, 0.3) is 5.79 Å². The van der Waals surface area contributed by atoms with Crippen molar-refractivity contribution in [1.29, 1.82) is 0 Å². The molecular weight excluding hydrogens is 232 g/mol. The zero-order valence-electron chi connectivity index (χ0n) is 12.1. The molecule has 18 heavy (non-hydrogen) atoms. The fourth-order valence-corrected chi connectivity index (χ4v) is 1.96. The van der Waals surface area contributed by atoms with Crippen LogP contribution in [0, 0.1) is 0 Å². The molecule has 0 aliphatic carbocycles. The lowest BCUT2D eigenvalue weighted by Crippen LogP contribution is -2.39. The number of esters is 2. The largest absolute Gasteiger partial charge is 0.423 e. The molecule has 4 nitrogen and oxygen atoms in total. The first-order valence-corrected chi connectivity index (χ1v) is 6.85. The van der Waals surface area contributed by atoms with Crippen molar-refractivity contribution in [2.75, 3.05) is 0 Å². The second kappa shape index (κ2) is 8.95. The quantitative estimate of drug-likeness (QED) is 0.360. The molecular formula is C14H26O4. The van der Waals surface area contributed by atoms with Crippen molar-refractivity contribution >= 4 is 11.9 Å². The summed E-state index contributed by atoms with van der Waals surface area (Å²) in [5.74, 6) is -1.85. The molecule has 4 heteroatoms. The second-order valence-corrected chi connectivity index (χ2v) is 4.66. The highest BCUT2D eigenvalue weighted by Crippen LogP contribution is 2.28. The van der Waals surface area contributed by atoms with Crippen molar-refractivity contribution in [3.8, 4) is 0 Å². The van der Waals surface area contributed by atoms with Crippen molar-refractivity contribution in [3.05, 3.63) is 0 Å². The Bertz CT molecular complexity index is 245. The Morgan fingerprint density at radius 1 is 0.833 bits per heavy atom. The average molecular weight is 258 g/mol. The van der Waals surface area contributed by atoms with Crippen LogP contribution in [0.1, 0.15) is 72.6 Å². The standard InChI is InChI=1S/C14H26O4/c1-5-7-9-11-14(10-8-6-2,17-12(3)15)18-13(4)16/h5-11H2,1-4H3. The molecule has 0 N–H and O–H groups in total. The highest BCUT2D eigenvalue weighted by Gasteiger charge is 2.35. The number of rotatable bonds is 9. The molecule has 0 aromatic rings. The third kappa shape index (κ3) is 7.30. The van der Waals surface area contributed by atoms with Crippen LogP contribution in [0.25, 0.3) is 0 Å². The zero-order valence-corrected chi connectivity index (χ0v) is 12.1. The molecule has 0 aromatic carbocycles. The summed E-state index contributed by atoms with van der Waals surface area (Å²) in [6, 6.07) is 0. The molecule has 0 unspecified atom stereocenters. The van der Waals surface area contributed by atoms with Crippen LogP contribution >= 0.6 is 0 Å². The fraction of sp³-hybridized carbons (Fsp3) is 0.857. The summed E-state index contributed by atoms with van der Waals surface area (Å²) < 4.78 is 10.6. The average Bonchev–Trinajstić information content (AvgIpc) is 2.25. The van der Waals surface area contributed by atoms with E-state index in [-0.39, 0.29) is 0 Å². The van der Waals surface area contributed by atoms with Gasteiger partial charge in [0.1, 0.15) is 0 Å². The Morgan fingerprint density at radius 3 is 1.67 bits per heavy atom. The molecule has 0 atom stereocenters. The van der Waals surface area contributed by atoms with Crippen molar-refractivity contribution in [2.45, 2.75) is 78.4 Å². The first-order chi connectivity index (χ1) is 8.45. The fourth-order valence-electron chi connectivity index (χ4n) is 1.96. The van der Waals surface area contributed by atoms with E-state index in [2.05, 4.69) is 13.8 Å². The Kier molecular flexibility index (Phi) is 8.42. The summed E-state index contributed by atoms with van der Waals surface area (Å²) >= 11 is 0. The van der Waals surface area contributed by atoms with E-state index >= 15 is 0 Å². The Labute approximate surface area is 110 Å². The predicted octanol–water partition coefficient (Wildman–Crippen LogP) is 3.58. The van der Waals surface area contributed by atoms with Crippen LogP contribution in [-0.2, 0) is 19.1 Å². The molecule has 0 saturated carbocycles. The minimum absolute atomic E-state index is 0.399. The third-order valence-electron chi connectivity index (χ3n) is 2.73. The van der Waals surface area contributed by atoms with E-state index in [1.54, 1.807) is 0 Å². The van der Waals surface area contributed by atoms with Crippen LogP contribution < -0.4 is 0 Å². The van der Waals surface area contributed by atoms with Gasteiger partial charge in [-0.3, -0.25) is 9.59 Å². The van der Waals surface area contributed by atoms with Crippen molar-refractivity contribution in [2.24, 2.45) is 0 Å². The number of carbonyl (C=O) groups is 2. The van der Waals surface area contributed by atoms with Gasteiger partial charge in [-0.25, -0.2) is 0 Å². The number of hydrogen-bond donors (Lipinski definition) is 0. The highest BCUT2D eigenvalue weighted by molar-refractivity contribution is 5.68. The number of unbranched alkanes of at least 4 members (excludes halogenated alkanes) is 3. The van der Waals surface area contributed by atoms with Crippen LogP contribution in [0.3, 0.4) is 0 Å². The van der Waals surface area contributed by atoms with Gasteiger partial charge in [0.15, 0.2) is 0 Å². The van der Waals surface area contributed by atoms with E-state index in [1.165, 1.54) is 13.8 Å². The second-order valence-electron chi connectivity index (χ2n) is 4.66. The van der Waals surface area contributed by atoms with Gasteiger partial charge in [-0.05, 0) is 12.8 Å². The minimum Gasteiger partial charge on any atom is -0.423 e. The van der Waals surface area contributed by atoms with Crippen LogP contribution in [0.4, 0.5) is 0 Å². The van der Waals surface area contributed by atoms with Gasteiger partial charge in [0, 0.05) is 26.7 Å². The van der Waals surface area contributed by atoms with E-state index in [0.717, 1.165) is 32.1 Å². The van der Waals surface area contributed by atoms with Gasteiger partial charge in [0.2, 0.25) is 0 Å². The third-order valence-corrected chi connectivity index (χ3v) is 2.73. The molecule has 0 radical (unpaired) electrons. The highest BCUT2D eigenvalue weighted by atomic mass is 16.7. The smallest absolute Gasteiger partial charge is 0.305 e. The Hall–Kier alpha value is -1.06. The van der Waals surface area contributed by atoms with Gasteiger partial charge in [-0.15, -0.1) is 0 Å². The summed E-state index contributed by atoms with van der Waals surface area (Å²) in [5, 5.41) is 0. The molecule has 0 rings (SSSR count). The van der Waals surface area contributed by atoms with E-state index in [4.69, 9.17) is 9.47 Å². The summed E-state index contributed by atoms with van der Waals surface area (Å²) in [6.45, 7) is 6.86.